The van der Waals surface area contributed by atoms with Crippen LogP contribution in [-0.2, 0) is 4.74 Å². The quantitative estimate of drug-likeness (QED) is 0.801. The molecule has 18 heavy (non-hydrogen) atoms. The standard InChI is InChI=1S/C11H14BrN3O3/c1-7-5-15(6-8(4-12)18-7)11(17)9-2-3-10(16)14-13-9/h2-3,7-8H,4-6H2,1H3,(H,14,16). The number of amides is 1. The number of alkyl halides is 1. The van der Waals surface area contributed by atoms with Crippen molar-refractivity contribution in [1.29, 1.82) is 0 Å². The average Bonchev–Trinajstić information content (AvgIpc) is 2.38. The lowest BCUT2D eigenvalue weighted by Crippen LogP contribution is -2.50. The summed E-state index contributed by atoms with van der Waals surface area (Å²) in [6.45, 7) is 2.98. The number of hydrogen-bond acceptors (Lipinski definition) is 4. The van der Waals surface area contributed by atoms with Gasteiger partial charge in [-0.1, -0.05) is 15.9 Å². The van der Waals surface area contributed by atoms with Gasteiger partial charge in [-0.15, -0.1) is 0 Å². The Morgan fingerprint density at radius 3 is 3.00 bits per heavy atom. The van der Waals surface area contributed by atoms with Gasteiger partial charge in [0.05, 0.1) is 12.2 Å². The fraction of sp³-hybridized carbons (Fsp3) is 0.545. The molecule has 2 atom stereocenters. The Balaban J connectivity index is 2.12. The summed E-state index contributed by atoms with van der Waals surface area (Å²) in [5, 5.41) is 6.69. The first-order valence-corrected chi connectivity index (χ1v) is 6.78. The molecule has 0 bridgehead atoms. The fourth-order valence-electron chi connectivity index (χ4n) is 1.92. The zero-order chi connectivity index (χ0) is 13.1. The van der Waals surface area contributed by atoms with E-state index in [1.807, 2.05) is 6.92 Å². The molecule has 1 N–H and O–H groups in total. The third-order valence-corrected chi connectivity index (χ3v) is 3.41. The van der Waals surface area contributed by atoms with Crippen LogP contribution in [0.5, 0.6) is 0 Å². The van der Waals surface area contributed by atoms with Crippen molar-refractivity contribution in [2.24, 2.45) is 0 Å². The van der Waals surface area contributed by atoms with Crippen LogP contribution >= 0.6 is 15.9 Å². The molecule has 2 heterocycles. The topological polar surface area (TPSA) is 75.3 Å². The summed E-state index contributed by atoms with van der Waals surface area (Å²) in [5.41, 5.74) is -0.0720. The maximum absolute atomic E-state index is 12.2. The van der Waals surface area contributed by atoms with E-state index in [2.05, 4.69) is 26.1 Å². The number of aromatic nitrogens is 2. The first kappa shape index (κ1) is 13.2. The van der Waals surface area contributed by atoms with E-state index < -0.39 is 0 Å². The lowest BCUT2D eigenvalue weighted by atomic mass is 10.2. The molecule has 7 heteroatoms. The summed E-state index contributed by atoms with van der Waals surface area (Å²) in [7, 11) is 0. The Kier molecular flexibility index (Phi) is 4.13. The molecule has 1 fully saturated rings. The molecule has 1 aromatic rings. The molecule has 1 aromatic heterocycles. The third kappa shape index (κ3) is 2.97. The van der Waals surface area contributed by atoms with Gasteiger partial charge in [-0.2, -0.15) is 5.10 Å². The number of ether oxygens (including phenoxy) is 1. The van der Waals surface area contributed by atoms with Crippen molar-refractivity contribution < 1.29 is 9.53 Å². The van der Waals surface area contributed by atoms with Crippen LogP contribution in [0.25, 0.3) is 0 Å². The van der Waals surface area contributed by atoms with Crippen LogP contribution < -0.4 is 5.56 Å². The SMILES string of the molecule is CC1CN(C(=O)c2ccc(=O)[nH]n2)CC(CBr)O1. The van der Waals surface area contributed by atoms with Crippen LogP contribution in [0.1, 0.15) is 17.4 Å². The van der Waals surface area contributed by atoms with E-state index in [0.717, 1.165) is 0 Å². The number of aromatic amines is 1. The van der Waals surface area contributed by atoms with Gasteiger partial charge in [0.25, 0.3) is 11.5 Å². The van der Waals surface area contributed by atoms with Crippen LogP contribution in [0.3, 0.4) is 0 Å². The number of nitrogens with zero attached hydrogens (tertiary/aromatic N) is 2. The predicted molar refractivity (Wildman–Crippen MR) is 68.9 cm³/mol. The van der Waals surface area contributed by atoms with Gasteiger partial charge in [-0.25, -0.2) is 5.10 Å². The zero-order valence-corrected chi connectivity index (χ0v) is 11.5. The zero-order valence-electron chi connectivity index (χ0n) is 9.93. The molecule has 2 unspecified atom stereocenters. The molecule has 2 rings (SSSR count). The molecule has 1 saturated heterocycles. The lowest BCUT2D eigenvalue weighted by Gasteiger charge is -2.35. The second-order valence-corrected chi connectivity index (χ2v) is 4.89. The highest BCUT2D eigenvalue weighted by molar-refractivity contribution is 9.09. The molecule has 6 nitrogen and oxygen atoms in total. The molecule has 0 aliphatic carbocycles. The smallest absolute Gasteiger partial charge is 0.274 e. The van der Waals surface area contributed by atoms with Gasteiger partial charge >= 0.3 is 0 Å². The normalized spacial score (nSPS) is 24.0. The number of halogens is 1. The van der Waals surface area contributed by atoms with E-state index in [-0.39, 0.29) is 29.4 Å². The summed E-state index contributed by atoms with van der Waals surface area (Å²) in [6.07, 6.45) is -0.0199. The average molecular weight is 316 g/mol. The molecule has 0 saturated carbocycles. The molecule has 0 radical (unpaired) electrons. The highest BCUT2D eigenvalue weighted by atomic mass is 79.9. The molecule has 1 amide bonds. The maximum atomic E-state index is 12.2. The Bertz CT molecular complexity index is 470. The largest absolute Gasteiger partial charge is 0.371 e. The van der Waals surface area contributed by atoms with Gasteiger partial charge < -0.3 is 9.64 Å². The lowest BCUT2D eigenvalue weighted by molar-refractivity contribution is -0.0561. The van der Waals surface area contributed by atoms with Gasteiger partial charge in [-0.3, -0.25) is 9.59 Å². The fourth-order valence-corrected chi connectivity index (χ4v) is 2.28. The van der Waals surface area contributed by atoms with Crippen molar-refractivity contribution in [2.45, 2.75) is 19.1 Å². The van der Waals surface area contributed by atoms with E-state index in [1.54, 1.807) is 4.90 Å². The second-order valence-electron chi connectivity index (χ2n) is 4.24. The number of rotatable bonds is 2. The number of nitrogens with one attached hydrogen (secondary N) is 1. The second kappa shape index (κ2) is 5.62. The highest BCUT2D eigenvalue weighted by Gasteiger charge is 2.28. The molecule has 98 valence electrons. The van der Waals surface area contributed by atoms with E-state index >= 15 is 0 Å². The minimum atomic E-state index is -0.319. The predicted octanol–water partition coefficient (Wildman–Crippen LogP) is 0.394. The van der Waals surface area contributed by atoms with Crippen molar-refractivity contribution >= 4 is 21.8 Å². The Morgan fingerprint density at radius 2 is 2.39 bits per heavy atom. The number of carbonyl (C=O) groups excluding carboxylic acids is 1. The van der Waals surface area contributed by atoms with Gasteiger partial charge in [0.1, 0.15) is 5.69 Å². The van der Waals surface area contributed by atoms with Crippen LogP contribution in [-0.4, -0.2) is 51.6 Å². The number of hydrogen-bond donors (Lipinski definition) is 1. The molecule has 0 spiro atoms. The van der Waals surface area contributed by atoms with Crippen LogP contribution in [0.15, 0.2) is 16.9 Å². The van der Waals surface area contributed by atoms with Gasteiger partial charge in [0.15, 0.2) is 0 Å². The monoisotopic (exact) mass is 315 g/mol. The van der Waals surface area contributed by atoms with Crippen molar-refractivity contribution in [3.8, 4) is 0 Å². The molecular weight excluding hydrogens is 302 g/mol. The molecule has 1 aliphatic heterocycles. The van der Waals surface area contributed by atoms with Crippen molar-refractivity contribution in [3.05, 3.63) is 28.2 Å². The van der Waals surface area contributed by atoms with Crippen LogP contribution in [0.2, 0.25) is 0 Å². The van der Waals surface area contributed by atoms with Gasteiger partial charge in [0, 0.05) is 24.5 Å². The summed E-state index contributed by atoms with van der Waals surface area (Å²) >= 11 is 3.35. The van der Waals surface area contributed by atoms with E-state index in [4.69, 9.17) is 4.74 Å². The molecule has 1 aliphatic rings. The van der Waals surface area contributed by atoms with Crippen LogP contribution in [0.4, 0.5) is 0 Å². The maximum Gasteiger partial charge on any atom is 0.274 e. The molecule has 0 aromatic carbocycles. The summed E-state index contributed by atoms with van der Waals surface area (Å²) in [6, 6.07) is 2.73. The number of morpholine rings is 1. The molecular formula is C11H14BrN3O3. The summed E-state index contributed by atoms with van der Waals surface area (Å²) in [5.74, 6) is -0.188. The Hall–Kier alpha value is -1.21. The highest BCUT2D eigenvalue weighted by Crippen LogP contribution is 2.14. The van der Waals surface area contributed by atoms with E-state index in [9.17, 15) is 9.59 Å². The van der Waals surface area contributed by atoms with Gasteiger partial charge in [0.2, 0.25) is 0 Å². The first-order valence-electron chi connectivity index (χ1n) is 5.66. The number of carbonyl (C=O) groups is 1. The van der Waals surface area contributed by atoms with E-state index in [0.29, 0.717) is 18.4 Å². The summed E-state index contributed by atoms with van der Waals surface area (Å²) < 4.78 is 5.65. The number of H-pyrrole nitrogens is 1. The van der Waals surface area contributed by atoms with Crippen molar-refractivity contribution in [1.82, 2.24) is 15.1 Å². The van der Waals surface area contributed by atoms with Crippen LogP contribution in [0, 0.1) is 0 Å². The minimum absolute atomic E-state index is 0.00647. The van der Waals surface area contributed by atoms with Crippen molar-refractivity contribution in [2.75, 3.05) is 18.4 Å². The minimum Gasteiger partial charge on any atom is -0.371 e. The Morgan fingerprint density at radius 1 is 1.61 bits per heavy atom. The third-order valence-electron chi connectivity index (χ3n) is 2.68. The van der Waals surface area contributed by atoms with E-state index in [1.165, 1.54) is 12.1 Å². The van der Waals surface area contributed by atoms with Crippen molar-refractivity contribution in [3.63, 3.8) is 0 Å². The van der Waals surface area contributed by atoms with Gasteiger partial charge in [-0.05, 0) is 13.0 Å². The Labute approximate surface area is 112 Å². The first-order chi connectivity index (χ1) is 8.60. The summed E-state index contributed by atoms with van der Waals surface area (Å²) in [4.78, 5) is 24.8.